The Bertz CT molecular complexity index is 335. The zero-order valence-electron chi connectivity index (χ0n) is 10.2. The minimum atomic E-state index is -0.214. The smallest absolute Gasteiger partial charge is 0.123 e. The minimum Gasteiger partial charge on any atom is -0.396 e. The molecule has 2 nitrogen and oxygen atoms in total. The molecule has 0 spiro atoms. The van der Waals surface area contributed by atoms with Crippen molar-refractivity contribution in [3.8, 4) is 0 Å². The van der Waals surface area contributed by atoms with E-state index in [9.17, 15) is 4.39 Å². The summed E-state index contributed by atoms with van der Waals surface area (Å²) in [5.41, 5.74) is 0.989. The topological polar surface area (TPSA) is 32.3 Å². The lowest BCUT2D eigenvalue weighted by molar-refractivity contribution is 0.264. The minimum absolute atomic E-state index is 0.214. The zero-order chi connectivity index (χ0) is 12.5. The number of nitrogens with one attached hydrogen (secondary N) is 1. The molecule has 0 fully saturated rings. The van der Waals surface area contributed by atoms with Crippen molar-refractivity contribution in [2.45, 2.75) is 25.8 Å². The lowest BCUT2D eigenvalue weighted by Crippen LogP contribution is -2.29. The molecular weight excluding hydrogens is 217 g/mol. The van der Waals surface area contributed by atoms with E-state index in [-0.39, 0.29) is 12.4 Å². The molecule has 94 valence electrons. The highest BCUT2D eigenvalue weighted by molar-refractivity contribution is 5.48. The molecule has 0 aliphatic heterocycles. The molecule has 0 aromatic heterocycles. The number of hydrogen-bond donors (Lipinski definition) is 2. The van der Waals surface area contributed by atoms with Gasteiger partial charge in [-0.3, -0.25) is 0 Å². The van der Waals surface area contributed by atoms with Crippen LogP contribution in [0.2, 0.25) is 0 Å². The molecule has 0 bridgehead atoms. The van der Waals surface area contributed by atoms with Crippen molar-refractivity contribution in [3.63, 3.8) is 0 Å². The van der Waals surface area contributed by atoms with Gasteiger partial charge in [-0.25, -0.2) is 4.39 Å². The van der Waals surface area contributed by atoms with E-state index in [2.05, 4.69) is 12.2 Å². The maximum Gasteiger partial charge on any atom is 0.123 e. The predicted octanol–water partition coefficient (Wildman–Crippen LogP) is 2.59. The Labute approximate surface area is 102 Å². The summed E-state index contributed by atoms with van der Waals surface area (Å²) in [5.74, 6) is -0.214. The van der Waals surface area contributed by atoms with Gasteiger partial charge in [0.2, 0.25) is 0 Å². The first-order chi connectivity index (χ1) is 8.26. The second kappa shape index (κ2) is 7.98. The molecule has 0 heterocycles. The van der Waals surface area contributed by atoms with Crippen LogP contribution in [0.4, 0.5) is 4.39 Å². The SMILES string of the molecule is CCC(CCO)NC/C=C/c1ccc(F)cc1. The van der Waals surface area contributed by atoms with Crippen LogP contribution in [0.5, 0.6) is 0 Å². The Morgan fingerprint density at radius 2 is 2.06 bits per heavy atom. The van der Waals surface area contributed by atoms with Crippen LogP contribution in [-0.4, -0.2) is 24.3 Å². The van der Waals surface area contributed by atoms with Crippen LogP contribution in [-0.2, 0) is 0 Å². The summed E-state index contributed by atoms with van der Waals surface area (Å²) in [6.07, 6.45) is 5.75. The highest BCUT2D eigenvalue weighted by Crippen LogP contribution is 2.04. The van der Waals surface area contributed by atoms with Gasteiger partial charge in [-0.05, 0) is 30.5 Å². The molecule has 1 aromatic rings. The average Bonchev–Trinajstić information content (AvgIpc) is 2.35. The molecule has 0 amide bonds. The lowest BCUT2D eigenvalue weighted by Gasteiger charge is -2.13. The third kappa shape index (κ3) is 5.61. The van der Waals surface area contributed by atoms with Crippen LogP contribution in [0.15, 0.2) is 30.3 Å². The third-order valence-corrected chi connectivity index (χ3v) is 2.68. The molecule has 1 unspecified atom stereocenters. The Morgan fingerprint density at radius 3 is 2.65 bits per heavy atom. The number of rotatable bonds is 7. The normalized spacial score (nSPS) is 13.1. The molecule has 0 aliphatic carbocycles. The van der Waals surface area contributed by atoms with Gasteiger partial charge in [0.05, 0.1) is 0 Å². The van der Waals surface area contributed by atoms with Crippen LogP contribution in [0.1, 0.15) is 25.3 Å². The predicted molar refractivity (Wildman–Crippen MR) is 69.2 cm³/mol. The second-order valence-electron chi connectivity index (χ2n) is 3.98. The van der Waals surface area contributed by atoms with Gasteiger partial charge in [-0.15, -0.1) is 0 Å². The van der Waals surface area contributed by atoms with E-state index in [4.69, 9.17) is 5.11 Å². The Balaban J connectivity index is 2.32. The van der Waals surface area contributed by atoms with E-state index < -0.39 is 0 Å². The fraction of sp³-hybridized carbons (Fsp3) is 0.429. The van der Waals surface area contributed by atoms with E-state index in [1.165, 1.54) is 12.1 Å². The van der Waals surface area contributed by atoms with Gasteiger partial charge >= 0.3 is 0 Å². The molecule has 1 rings (SSSR count). The number of hydrogen-bond acceptors (Lipinski definition) is 2. The number of aliphatic hydroxyl groups is 1. The van der Waals surface area contributed by atoms with E-state index in [1.54, 1.807) is 12.1 Å². The zero-order valence-corrected chi connectivity index (χ0v) is 10.2. The van der Waals surface area contributed by atoms with Crippen molar-refractivity contribution in [1.82, 2.24) is 5.32 Å². The van der Waals surface area contributed by atoms with Crippen molar-refractivity contribution in [1.29, 1.82) is 0 Å². The third-order valence-electron chi connectivity index (χ3n) is 2.68. The molecule has 0 saturated heterocycles. The first kappa shape index (κ1) is 13.9. The molecule has 0 aliphatic rings. The van der Waals surface area contributed by atoms with Crippen molar-refractivity contribution in [2.24, 2.45) is 0 Å². The molecular formula is C14H20FNO. The van der Waals surface area contributed by atoms with Gasteiger partial charge < -0.3 is 10.4 Å². The molecule has 2 N–H and O–H groups in total. The number of aliphatic hydroxyl groups excluding tert-OH is 1. The molecule has 0 saturated carbocycles. The first-order valence-corrected chi connectivity index (χ1v) is 6.02. The molecule has 17 heavy (non-hydrogen) atoms. The molecule has 0 radical (unpaired) electrons. The van der Waals surface area contributed by atoms with Crippen LogP contribution in [0.3, 0.4) is 0 Å². The maximum absolute atomic E-state index is 12.7. The molecule has 1 atom stereocenters. The highest BCUT2D eigenvalue weighted by Gasteiger charge is 2.01. The van der Waals surface area contributed by atoms with Crippen molar-refractivity contribution < 1.29 is 9.50 Å². The van der Waals surface area contributed by atoms with Crippen molar-refractivity contribution >= 4 is 6.08 Å². The van der Waals surface area contributed by atoms with Crippen LogP contribution >= 0.6 is 0 Å². The molecule has 3 heteroatoms. The van der Waals surface area contributed by atoms with Crippen LogP contribution < -0.4 is 5.32 Å². The van der Waals surface area contributed by atoms with Crippen molar-refractivity contribution in [2.75, 3.05) is 13.2 Å². The van der Waals surface area contributed by atoms with Gasteiger partial charge in [0, 0.05) is 19.2 Å². The van der Waals surface area contributed by atoms with Gasteiger partial charge in [0.1, 0.15) is 5.82 Å². The monoisotopic (exact) mass is 237 g/mol. The fourth-order valence-electron chi connectivity index (χ4n) is 1.61. The largest absolute Gasteiger partial charge is 0.396 e. The van der Waals surface area contributed by atoms with Gasteiger partial charge in [-0.2, -0.15) is 0 Å². The standard InChI is InChI=1S/C14H20FNO/c1-2-14(9-11-17)16-10-3-4-12-5-7-13(15)8-6-12/h3-8,14,16-17H,2,9-11H2,1H3/b4-3+. The first-order valence-electron chi connectivity index (χ1n) is 6.02. The van der Waals surface area contributed by atoms with E-state index in [0.717, 1.165) is 24.9 Å². The van der Waals surface area contributed by atoms with Gasteiger partial charge in [-0.1, -0.05) is 31.2 Å². The second-order valence-corrected chi connectivity index (χ2v) is 3.98. The summed E-state index contributed by atoms with van der Waals surface area (Å²) in [7, 11) is 0. The summed E-state index contributed by atoms with van der Waals surface area (Å²) in [5, 5.41) is 12.2. The van der Waals surface area contributed by atoms with E-state index in [0.29, 0.717) is 6.04 Å². The van der Waals surface area contributed by atoms with Crippen LogP contribution in [0.25, 0.3) is 6.08 Å². The Hall–Kier alpha value is -1.19. The quantitative estimate of drug-likeness (QED) is 0.764. The Morgan fingerprint density at radius 1 is 1.35 bits per heavy atom. The number of benzene rings is 1. The summed E-state index contributed by atoms with van der Waals surface area (Å²) < 4.78 is 12.7. The van der Waals surface area contributed by atoms with Gasteiger partial charge in [0.15, 0.2) is 0 Å². The summed E-state index contributed by atoms with van der Waals surface area (Å²) >= 11 is 0. The van der Waals surface area contributed by atoms with E-state index in [1.807, 2.05) is 12.2 Å². The summed E-state index contributed by atoms with van der Waals surface area (Å²) in [4.78, 5) is 0. The fourth-order valence-corrected chi connectivity index (χ4v) is 1.61. The maximum atomic E-state index is 12.7. The lowest BCUT2D eigenvalue weighted by atomic mass is 10.1. The summed E-state index contributed by atoms with van der Waals surface area (Å²) in [6.45, 7) is 3.07. The summed E-state index contributed by atoms with van der Waals surface area (Å²) in [6, 6.07) is 6.76. The van der Waals surface area contributed by atoms with E-state index >= 15 is 0 Å². The highest BCUT2D eigenvalue weighted by atomic mass is 19.1. The Kier molecular flexibility index (Phi) is 6.51. The average molecular weight is 237 g/mol. The molecule has 1 aromatic carbocycles. The van der Waals surface area contributed by atoms with Crippen LogP contribution in [0, 0.1) is 5.82 Å². The van der Waals surface area contributed by atoms with Gasteiger partial charge in [0.25, 0.3) is 0 Å². The van der Waals surface area contributed by atoms with Crippen molar-refractivity contribution in [3.05, 3.63) is 41.7 Å². The number of halogens is 1.